The summed E-state index contributed by atoms with van der Waals surface area (Å²) in [5.41, 5.74) is 0.401. The minimum Gasteiger partial charge on any atom is -0.378 e. The Hall–Kier alpha value is -0.0800. The molecule has 2 rings (SSSR count). The Morgan fingerprint density at radius 1 is 1.40 bits per heavy atom. The molecule has 2 heteroatoms. The summed E-state index contributed by atoms with van der Waals surface area (Å²) in [7, 11) is 0. The molecule has 0 aliphatic carbocycles. The molecule has 2 aliphatic heterocycles. The first-order valence-electron chi connectivity index (χ1n) is 4.14. The van der Waals surface area contributed by atoms with E-state index in [9.17, 15) is 0 Å². The number of morpholine rings is 1. The third-order valence-corrected chi connectivity index (χ3v) is 2.83. The third kappa shape index (κ3) is 0.867. The van der Waals surface area contributed by atoms with E-state index in [1.807, 2.05) is 0 Å². The van der Waals surface area contributed by atoms with Crippen molar-refractivity contribution in [2.75, 3.05) is 26.3 Å². The van der Waals surface area contributed by atoms with Crippen molar-refractivity contribution < 1.29 is 4.74 Å². The molecule has 0 radical (unpaired) electrons. The Bertz CT molecular complexity index is 137. The summed E-state index contributed by atoms with van der Waals surface area (Å²) in [5.74, 6) is 0. The molecule has 0 bridgehead atoms. The molecule has 0 aromatic heterocycles. The zero-order valence-corrected chi connectivity index (χ0v) is 6.60. The summed E-state index contributed by atoms with van der Waals surface area (Å²) >= 11 is 0. The van der Waals surface area contributed by atoms with E-state index < -0.39 is 0 Å². The molecule has 0 spiro atoms. The van der Waals surface area contributed by atoms with E-state index in [0.29, 0.717) is 5.54 Å². The van der Waals surface area contributed by atoms with Crippen LogP contribution in [0.5, 0.6) is 0 Å². The topological polar surface area (TPSA) is 12.5 Å². The van der Waals surface area contributed by atoms with Gasteiger partial charge in [-0.25, -0.2) is 0 Å². The predicted octanol–water partition coefficient (Wildman–Crippen LogP) is 0.871. The average Bonchev–Trinajstić information content (AvgIpc) is 2.29. The van der Waals surface area contributed by atoms with Crippen LogP contribution < -0.4 is 0 Å². The third-order valence-electron chi connectivity index (χ3n) is 2.83. The summed E-state index contributed by atoms with van der Waals surface area (Å²) < 4.78 is 5.44. The predicted molar refractivity (Wildman–Crippen MR) is 40.0 cm³/mol. The highest BCUT2D eigenvalue weighted by molar-refractivity contribution is 4.93. The number of ether oxygens (including phenoxy) is 1. The summed E-state index contributed by atoms with van der Waals surface area (Å²) in [6.07, 6.45) is 2.69. The lowest BCUT2D eigenvalue weighted by Gasteiger charge is -2.39. The maximum atomic E-state index is 5.44. The van der Waals surface area contributed by atoms with E-state index in [-0.39, 0.29) is 0 Å². The quantitative estimate of drug-likeness (QED) is 0.496. The SMILES string of the molecule is CC12CCCN1CCOC2. The van der Waals surface area contributed by atoms with Crippen molar-refractivity contribution in [3.05, 3.63) is 0 Å². The Morgan fingerprint density at radius 2 is 2.30 bits per heavy atom. The van der Waals surface area contributed by atoms with Crippen molar-refractivity contribution in [1.82, 2.24) is 4.90 Å². The van der Waals surface area contributed by atoms with Gasteiger partial charge in [-0.3, -0.25) is 4.90 Å². The van der Waals surface area contributed by atoms with Gasteiger partial charge in [0.15, 0.2) is 0 Å². The maximum absolute atomic E-state index is 5.44. The van der Waals surface area contributed by atoms with Crippen LogP contribution in [0.4, 0.5) is 0 Å². The van der Waals surface area contributed by atoms with Crippen LogP contribution in [-0.4, -0.2) is 36.7 Å². The van der Waals surface area contributed by atoms with Crippen molar-refractivity contribution >= 4 is 0 Å². The van der Waals surface area contributed by atoms with Gasteiger partial charge in [-0.1, -0.05) is 0 Å². The van der Waals surface area contributed by atoms with Crippen molar-refractivity contribution in [3.63, 3.8) is 0 Å². The van der Waals surface area contributed by atoms with Crippen LogP contribution in [-0.2, 0) is 4.74 Å². The second-order valence-corrected chi connectivity index (χ2v) is 3.64. The Labute approximate surface area is 62.2 Å². The monoisotopic (exact) mass is 141 g/mol. The summed E-state index contributed by atoms with van der Waals surface area (Å²) in [6, 6.07) is 0. The highest BCUT2D eigenvalue weighted by Crippen LogP contribution is 2.30. The molecular formula is C8H15NO. The van der Waals surface area contributed by atoms with Crippen molar-refractivity contribution in [3.8, 4) is 0 Å². The van der Waals surface area contributed by atoms with Crippen LogP contribution in [0.2, 0.25) is 0 Å². The number of hydrogen-bond acceptors (Lipinski definition) is 2. The normalized spacial score (nSPS) is 41.7. The highest BCUT2D eigenvalue weighted by atomic mass is 16.5. The van der Waals surface area contributed by atoms with Gasteiger partial charge in [0.1, 0.15) is 0 Å². The molecule has 0 aromatic rings. The number of fused-ring (bicyclic) bond motifs is 1. The standard InChI is InChI=1S/C8H15NO/c1-8-3-2-4-9(8)5-6-10-7-8/h2-7H2,1H3. The van der Waals surface area contributed by atoms with Gasteiger partial charge in [0, 0.05) is 12.1 Å². The minimum absolute atomic E-state index is 0.401. The number of nitrogens with zero attached hydrogens (tertiary/aromatic N) is 1. The molecule has 10 heavy (non-hydrogen) atoms. The molecule has 58 valence electrons. The number of rotatable bonds is 0. The lowest BCUT2D eigenvalue weighted by Crippen LogP contribution is -2.50. The van der Waals surface area contributed by atoms with Gasteiger partial charge < -0.3 is 4.74 Å². The molecule has 0 amide bonds. The molecule has 0 aromatic carbocycles. The smallest absolute Gasteiger partial charge is 0.0648 e. The molecule has 2 fully saturated rings. The van der Waals surface area contributed by atoms with E-state index in [4.69, 9.17) is 4.74 Å². The summed E-state index contributed by atoms with van der Waals surface area (Å²) in [4.78, 5) is 2.57. The Kier molecular flexibility index (Phi) is 1.46. The zero-order chi connectivity index (χ0) is 7.03. The molecule has 1 atom stereocenters. The van der Waals surface area contributed by atoms with Crippen LogP contribution in [0.3, 0.4) is 0 Å². The van der Waals surface area contributed by atoms with Gasteiger partial charge in [0.25, 0.3) is 0 Å². The Balaban J connectivity index is 2.10. The van der Waals surface area contributed by atoms with Crippen LogP contribution >= 0.6 is 0 Å². The largest absolute Gasteiger partial charge is 0.378 e. The molecule has 2 saturated heterocycles. The molecule has 2 heterocycles. The van der Waals surface area contributed by atoms with E-state index in [0.717, 1.165) is 19.8 Å². The molecule has 1 unspecified atom stereocenters. The summed E-state index contributed by atoms with van der Waals surface area (Å²) in [6.45, 7) is 6.65. The molecule has 0 N–H and O–H groups in total. The van der Waals surface area contributed by atoms with E-state index in [1.54, 1.807) is 0 Å². The van der Waals surface area contributed by atoms with E-state index in [2.05, 4.69) is 11.8 Å². The maximum Gasteiger partial charge on any atom is 0.0648 e. The van der Waals surface area contributed by atoms with Crippen molar-refractivity contribution in [2.24, 2.45) is 0 Å². The molecule has 2 nitrogen and oxygen atoms in total. The van der Waals surface area contributed by atoms with Gasteiger partial charge in [0.05, 0.1) is 13.2 Å². The minimum atomic E-state index is 0.401. The van der Waals surface area contributed by atoms with Gasteiger partial charge >= 0.3 is 0 Å². The first-order chi connectivity index (χ1) is 4.81. The average molecular weight is 141 g/mol. The fourth-order valence-electron chi connectivity index (χ4n) is 2.09. The van der Waals surface area contributed by atoms with Gasteiger partial charge in [-0.15, -0.1) is 0 Å². The van der Waals surface area contributed by atoms with Gasteiger partial charge in [-0.05, 0) is 26.3 Å². The fraction of sp³-hybridized carbons (Fsp3) is 1.00. The second-order valence-electron chi connectivity index (χ2n) is 3.64. The molecule has 2 aliphatic rings. The van der Waals surface area contributed by atoms with Crippen LogP contribution in [0, 0.1) is 0 Å². The first-order valence-corrected chi connectivity index (χ1v) is 4.14. The van der Waals surface area contributed by atoms with Crippen molar-refractivity contribution in [2.45, 2.75) is 25.3 Å². The number of hydrogen-bond donors (Lipinski definition) is 0. The van der Waals surface area contributed by atoms with Crippen molar-refractivity contribution in [1.29, 1.82) is 0 Å². The zero-order valence-electron chi connectivity index (χ0n) is 6.60. The summed E-state index contributed by atoms with van der Waals surface area (Å²) in [5, 5.41) is 0. The molecule has 0 saturated carbocycles. The van der Waals surface area contributed by atoms with Crippen LogP contribution in [0.1, 0.15) is 19.8 Å². The van der Waals surface area contributed by atoms with Gasteiger partial charge in [0.2, 0.25) is 0 Å². The Morgan fingerprint density at radius 3 is 3.10 bits per heavy atom. The van der Waals surface area contributed by atoms with Crippen LogP contribution in [0.15, 0.2) is 0 Å². The molecular weight excluding hydrogens is 126 g/mol. The highest BCUT2D eigenvalue weighted by Gasteiger charge is 2.38. The lowest BCUT2D eigenvalue weighted by molar-refractivity contribution is -0.0372. The first kappa shape index (κ1) is 6.62. The van der Waals surface area contributed by atoms with E-state index in [1.165, 1.54) is 19.4 Å². The van der Waals surface area contributed by atoms with Crippen LogP contribution in [0.25, 0.3) is 0 Å². The second kappa shape index (κ2) is 2.21. The van der Waals surface area contributed by atoms with Gasteiger partial charge in [-0.2, -0.15) is 0 Å². The fourth-order valence-corrected chi connectivity index (χ4v) is 2.09. The lowest BCUT2D eigenvalue weighted by atomic mass is 9.99. The van der Waals surface area contributed by atoms with E-state index >= 15 is 0 Å².